The molecule has 0 saturated heterocycles. The Bertz CT molecular complexity index is 559. The lowest BCUT2D eigenvalue weighted by Crippen LogP contribution is -2.33. The van der Waals surface area contributed by atoms with E-state index in [-0.39, 0.29) is 5.82 Å². The van der Waals surface area contributed by atoms with E-state index in [9.17, 15) is 4.39 Å². The minimum Gasteiger partial charge on any atom is -0.313 e. The van der Waals surface area contributed by atoms with Gasteiger partial charge in [0.2, 0.25) is 0 Å². The van der Waals surface area contributed by atoms with Crippen LogP contribution in [-0.4, -0.2) is 18.3 Å². The lowest BCUT2D eigenvalue weighted by Gasteiger charge is -2.18. The summed E-state index contributed by atoms with van der Waals surface area (Å²) in [4.78, 5) is 1.25. The lowest BCUT2D eigenvalue weighted by atomic mass is 10.1. The predicted molar refractivity (Wildman–Crippen MR) is 92.4 cm³/mol. The van der Waals surface area contributed by atoms with Gasteiger partial charge in [0.05, 0.1) is 0 Å². The maximum Gasteiger partial charge on any atom is 0.123 e. The normalized spacial score (nSPS) is 12.3. The third kappa shape index (κ3) is 5.46. The molecule has 1 atom stereocenters. The Balaban J connectivity index is 1.95. The van der Waals surface area contributed by atoms with Gasteiger partial charge in [0.25, 0.3) is 0 Å². The van der Waals surface area contributed by atoms with Crippen LogP contribution in [0.2, 0.25) is 0 Å². The average molecular weight is 368 g/mol. The van der Waals surface area contributed by atoms with E-state index in [0.29, 0.717) is 6.04 Å². The van der Waals surface area contributed by atoms with Gasteiger partial charge in [0.1, 0.15) is 5.82 Å². The summed E-state index contributed by atoms with van der Waals surface area (Å²) in [7, 11) is 0. The number of hydrogen-bond acceptors (Lipinski definition) is 2. The van der Waals surface area contributed by atoms with E-state index in [4.69, 9.17) is 0 Å². The van der Waals surface area contributed by atoms with Gasteiger partial charge in [-0.1, -0.05) is 31.2 Å². The van der Waals surface area contributed by atoms with E-state index in [2.05, 4.69) is 46.4 Å². The quantitative estimate of drug-likeness (QED) is 0.698. The van der Waals surface area contributed by atoms with Crippen molar-refractivity contribution in [3.05, 3.63) is 64.4 Å². The van der Waals surface area contributed by atoms with Crippen molar-refractivity contribution in [2.45, 2.75) is 24.3 Å². The standard InChI is InChI=1S/C17H19BrFNS/c1-2-20-15(11-13-7-9-14(19)10-8-13)12-21-17-6-4-3-5-16(17)18/h3-10,15,20H,2,11-12H2,1H3. The molecule has 0 aliphatic heterocycles. The summed E-state index contributed by atoms with van der Waals surface area (Å²) in [6, 6.07) is 15.4. The molecule has 2 aromatic rings. The SMILES string of the molecule is CCNC(CSc1ccccc1Br)Cc1ccc(F)cc1. The highest BCUT2D eigenvalue weighted by molar-refractivity contribution is 9.10. The smallest absolute Gasteiger partial charge is 0.123 e. The Labute approximate surface area is 138 Å². The molecule has 112 valence electrons. The molecule has 2 aromatic carbocycles. The Morgan fingerprint density at radius 3 is 2.52 bits per heavy atom. The molecule has 1 nitrogen and oxygen atoms in total. The van der Waals surface area contributed by atoms with E-state index in [1.807, 2.05) is 30.0 Å². The van der Waals surface area contributed by atoms with Crippen molar-refractivity contribution in [1.82, 2.24) is 5.32 Å². The summed E-state index contributed by atoms with van der Waals surface area (Å²) in [6.07, 6.45) is 0.908. The van der Waals surface area contributed by atoms with Crippen LogP contribution < -0.4 is 5.32 Å². The van der Waals surface area contributed by atoms with E-state index >= 15 is 0 Å². The molecule has 0 bridgehead atoms. The Morgan fingerprint density at radius 1 is 1.14 bits per heavy atom. The first-order chi connectivity index (χ1) is 10.2. The molecule has 1 N–H and O–H groups in total. The van der Waals surface area contributed by atoms with Crippen molar-refractivity contribution in [1.29, 1.82) is 0 Å². The van der Waals surface area contributed by atoms with Gasteiger partial charge >= 0.3 is 0 Å². The number of halogens is 2. The van der Waals surface area contributed by atoms with Crippen LogP contribution in [0.3, 0.4) is 0 Å². The second-order valence-corrected chi connectivity index (χ2v) is 6.74. The number of hydrogen-bond donors (Lipinski definition) is 1. The molecular formula is C17H19BrFNS. The van der Waals surface area contributed by atoms with Crippen molar-refractivity contribution in [2.24, 2.45) is 0 Å². The highest BCUT2D eigenvalue weighted by Gasteiger charge is 2.10. The molecule has 0 amide bonds. The van der Waals surface area contributed by atoms with Gasteiger partial charge < -0.3 is 5.32 Å². The summed E-state index contributed by atoms with van der Waals surface area (Å²) >= 11 is 5.41. The van der Waals surface area contributed by atoms with Gasteiger partial charge in [-0.2, -0.15) is 0 Å². The first-order valence-electron chi connectivity index (χ1n) is 7.04. The van der Waals surface area contributed by atoms with Crippen molar-refractivity contribution in [3.63, 3.8) is 0 Å². The van der Waals surface area contributed by atoms with Gasteiger partial charge in [-0.15, -0.1) is 11.8 Å². The monoisotopic (exact) mass is 367 g/mol. The molecule has 1 unspecified atom stereocenters. The second-order valence-electron chi connectivity index (χ2n) is 4.83. The van der Waals surface area contributed by atoms with Crippen LogP contribution in [0, 0.1) is 5.82 Å². The van der Waals surface area contributed by atoms with Crippen molar-refractivity contribution in [3.8, 4) is 0 Å². The first kappa shape index (κ1) is 16.5. The number of benzene rings is 2. The van der Waals surface area contributed by atoms with E-state index in [1.165, 1.54) is 17.0 Å². The fourth-order valence-electron chi connectivity index (χ4n) is 2.14. The fourth-order valence-corrected chi connectivity index (χ4v) is 3.76. The molecule has 0 saturated carbocycles. The van der Waals surface area contributed by atoms with Crippen molar-refractivity contribution in [2.75, 3.05) is 12.3 Å². The summed E-state index contributed by atoms with van der Waals surface area (Å²) in [6.45, 7) is 3.04. The third-order valence-corrected chi connectivity index (χ3v) is 5.35. The predicted octanol–water partition coefficient (Wildman–Crippen LogP) is 4.90. The van der Waals surface area contributed by atoms with Gasteiger partial charge in [0.15, 0.2) is 0 Å². The first-order valence-corrected chi connectivity index (χ1v) is 8.82. The zero-order valence-corrected chi connectivity index (χ0v) is 14.4. The average Bonchev–Trinajstić information content (AvgIpc) is 2.49. The summed E-state index contributed by atoms with van der Waals surface area (Å²) in [5.41, 5.74) is 1.16. The minimum atomic E-state index is -0.179. The largest absolute Gasteiger partial charge is 0.313 e. The minimum absolute atomic E-state index is 0.179. The Hall–Kier alpha value is -0.840. The molecule has 0 aliphatic rings. The highest BCUT2D eigenvalue weighted by Crippen LogP contribution is 2.27. The number of likely N-dealkylation sites (N-methyl/N-ethyl adjacent to an activating group) is 1. The summed E-state index contributed by atoms with van der Waals surface area (Å²) in [5.74, 6) is 0.801. The van der Waals surface area contributed by atoms with Gasteiger partial charge in [-0.3, -0.25) is 0 Å². The maximum atomic E-state index is 13.0. The topological polar surface area (TPSA) is 12.0 Å². The van der Waals surface area contributed by atoms with Crippen LogP contribution in [-0.2, 0) is 6.42 Å². The van der Waals surface area contributed by atoms with E-state index in [1.54, 1.807) is 0 Å². The van der Waals surface area contributed by atoms with Crippen molar-refractivity contribution >= 4 is 27.7 Å². The van der Waals surface area contributed by atoms with Crippen LogP contribution in [0.1, 0.15) is 12.5 Å². The molecule has 0 fully saturated rings. The van der Waals surface area contributed by atoms with Crippen LogP contribution in [0.15, 0.2) is 57.9 Å². The molecular weight excluding hydrogens is 349 g/mol. The second kappa shape index (κ2) is 8.57. The maximum absolute atomic E-state index is 13.0. The zero-order chi connectivity index (χ0) is 15.1. The van der Waals surface area contributed by atoms with Crippen LogP contribution in [0.5, 0.6) is 0 Å². The Kier molecular flexibility index (Phi) is 6.74. The van der Waals surface area contributed by atoms with Gasteiger partial charge in [-0.05, 0) is 58.7 Å². The molecule has 0 heterocycles. The Morgan fingerprint density at radius 2 is 1.86 bits per heavy atom. The molecule has 0 radical (unpaired) electrons. The van der Waals surface area contributed by atoms with Crippen LogP contribution >= 0.6 is 27.7 Å². The zero-order valence-electron chi connectivity index (χ0n) is 12.0. The number of thioether (sulfide) groups is 1. The van der Waals surface area contributed by atoms with E-state index in [0.717, 1.165) is 28.8 Å². The number of rotatable bonds is 7. The summed E-state index contributed by atoms with van der Waals surface area (Å²) < 4.78 is 14.1. The highest BCUT2D eigenvalue weighted by atomic mass is 79.9. The lowest BCUT2D eigenvalue weighted by molar-refractivity contribution is 0.571. The molecule has 4 heteroatoms. The van der Waals surface area contributed by atoms with E-state index < -0.39 is 0 Å². The number of nitrogens with one attached hydrogen (secondary N) is 1. The summed E-state index contributed by atoms with van der Waals surface area (Å²) in [5, 5.41) is 3.51. The molecule has 0 spiro atoms. The molecule has 21 heavy (non-hydrogen) atoms. The van der Waals surface area contributed by atoms with Crippen molar-refractivity contribution < 1.29 is 4.39 Å². The van der Waals surface area contributed by atoms with Crippen LogP contribution in [0.25, 0.3) is 0 Å². The molecule has 0 aromatic heterocycles. The molecule has 0 aliphatic carbocycles. The fraction of sp³-hybridized carbons (Fsp3) is 0.294. The van der Waals surface area contributed by atoms with Crippen LogP contribution in [0.4, 0.5) is 4.39 Å². The van der Waals surface area contributed by atoms with Gasteiger partial charge in [0, 0.05) is 21.2 Å². The van der Waals surface area contributed by atoms with Gasteiger partial charge in [-0.25, -0.2) is 4.39 Å². The third-order valence-electron chi connectivity index (χ3n) is 3.16. The molecule has 2 rings (SSSR count).